The third-order valence-electron chi connectivity index (χ3n) is 7.24. The van der Waals surface area contributed by atoms with Crippen molar-refractivity contribution < 1.29 is 4.42 Å². The third-order valence-corrected chi connectivity index (χ3v) is 7.24. The predicted octanol–water partition coefficient (Wildman–Crippen LogP) is 9.25. The Labute approximate surface area is 207 Å². The fraction of sp³-hybridized carbons (Fsp3) is 0. The van der Waals surface area contributed by atoms with Gasteiger partial charge in [0.2, 0.25) is 0 Å². The van der Waals surface area contributed by atoms with Crippen molar-refractivity contribution in [3.05, 3.63) is 121 Å². The van der Waals surface area contributed by atoms with Gasteiger partial charge in [0, 0.05) is 33.8 Å². The summed E-state index contributed by atoms with van der Waals surface area (Å²) >= 11 is 0. The van der Waals surface area contributed by atoms with E-state index in [4.69, 9.17) is 4.42 Å². The molecular formula is C33H20N2O. The smallest absolute Gasteiger partial charge is 0.137 e. The van der Waals surface area contributed by atoms with Crippen molar-refractivity contribution >= 4 is 49.8 Å². The minimum atomic E-state index is 0.900. The number of hydrogen-bond donors (Lipinski definition) is 0. The summed E-state index contributed by atoms with van der Waals surface area (Å²) in [4.78, 5) is 7.07. The van der Waals surface area contributed by atoms with Crippen molar-refractivity contribution in [2.24, 2.45) is 0 Å². The number of para-hydroxylation sites is 2. The molecule has 5 aromatic carbocycles. The molecule has 36 heavy (non-hydrogen) atoms. The first kappa shape index (κ1) is 19.4. The number of pyridine rings is 1. The van der Waals surface area contributed by atoms with E-state index in [2.05, 4.69) is 101 Å². The zero-order valence-corrected chi connectivity index (χ0v) is 19.3. The second-order valence-corrected chi connectivity index (χ2v) is 9.18. The van der Waals surface area contributed by atoms with Crippen LogP contribution in [0.4, 0.5) is 17.1 Å². The van der Waals surface area contributed by atoms with Crippen molar-refractivity contribution in [3.8, 4) is 22.4 Å². The second kappa shape index (κ2) is 7.30. The van der Waals surface area contributed by atoms with Crippen LogP contribution in [0.2, 0.25) is 0 Å². The van der Waals surface area contributed by atoms with Crippen LogP contribution in [0.25, 0.3) is 55.1 Å². The van der Waals surface area contributed by atoms with E-state index in [-0.39, 0.29) is 0 Å². The number of rotatable bonds is 2. The Balaban J connectivity index is 1.55. The van der Waals surface area contributed by atoms with Crippen molar-refractivity contribution in [1.29, 1.82) is 0 Å². The zero-order valence-electron chi connectivity index (χ0n) is 19.3. The molecule has 0 saturated carbocycles. The van der Waals surface area contributed by atoms with Gasteiger partial charge in [0.25, 0.3) is 0 Å². The first-order valence-electron chi connectivity index (χ1n) is 12.2. The summed E-state index contributed by atoms with van der Waals surface area (Å²) < 4.78 is 6.31. The van der Waals surface area contributed by atoms with Gasteiger partial charge >= 0.3 is 0 Å². The van der Waals surface area contributed by atoms with Gasteiger partial charge in [0.05, 0.1) is 22.5 Å². The van der Waals surface area contributed by atoms with Gasteiger partial charge in [-0.2, -0.15) is 0 Å². The van der Waals surface area contributed by atoms with Crippen LogP contribution in [0.15, 0.2) is 126 Å². The normalized spacial score (nSPS) is 12.4. The van der Waals surface area contributed by atoms with Gasteiger partial charge in [-0.3, -0.25) is 4.98 Å². The lowest BCUT2D eigenvalue weighted by molar-refractivity contribution is 0.669. The lowest BCUT2D eigenvalue weighted by Gasteiger charge is -2.34. The fourth-order valence-corrected chi connectivity index (χ4v) is 5.76. The van der Waals surface area contributed by atoms with E-state index in [0.717, 1.165) is 50.3 Å². The highest BCUT2D eigenvalue weighted by atomic mass is 16.3. The van der Waals surface area contributed by atoms with Crippen LogP contribution in [0, 0.1) is 0 Å². The molecule has 1 aliphatic heterocycles. The molecule has 0 spiro atoms. The van der Waals surface area contributed by atoms with E-state index in [1.165, 1.54) is 21.9 Å². The highest BCUT2D eigenvalue weighted by molar-refractivity contribution is 6.24. The number of benzene rings is 5. The van der Waals surface area contributed by atoms with Crippen LogP contribution < -0.4 is 4.90 Å². The van der Waals surface area contributed by atoms with Crippen LogP contribution in [-0.2, 0) is 0 Å². The lowest BCUT2D eigenvalue weighted by Crippen LogP contribution is -2.15. The average Bonchev–Trinajstić information content (AvgIpc) is 3.33. The summed E-state index contributed by atoms with van der Waals surface area (Å²) in [6.07, 6.45) is 1.86. The van der Waals surface area contributed by atoms with E-state index in [9.17, 15) is 0 Å². The molecule has 7 aromatic rings. The fourth-order valence-electron chi connectivity index (χ4n) is 5.76. The summed E-state index contributed by atoms with van der Waals surface area (Å²) in [7, 11) is 0. The maximum absolute atomic E-state index is 6.31. The number of nitrogens with zero attached hydrogens (tertiary/aromatic N) is 2. The van der Waals surface area contributed by atoms with Crippen molar-refractivity contribution in [3.63, 3.8) is 0 Å². The summed E-state index contributed by atoms with van der Waals surface area (Å²) in [5.74, 6) is 0. The van der Waals surface area contributed by atoms with E-state index in [0.29, 0.717) is 0 Å². The van der Waals surface area contributed by atoms with Gasteiger partial charge in [-0.15, -0.1) is 0 Å². The maximum atomic E-state index is 6.31. The Morgan fingerprint density at radius 2 is 1.31 bits per heavy atom. The van der Waals surface area contributed by atoms with Crippen LogP contribution in [-0.4, -0.2) is 4.98 Å². The first-order chi connectivity index (χ1) is 17.9. The summed E-state index contributed by atoms with van der Waals surface area (Å²) in [6, 6.07) is 40.4. The zero-order chi connectivity index (χ0) is 23.6. The minimum absolute atomic E-state index is 0.900. The highest BCUT2D eigenvalue weighted by Crippen LogP contribution is 2.55. The summed E-state index contributed by atoms with van der Waals surface area (Å²) in [5.41, 5.74) is 9.81. The number of hydrogen-bond acceptors (Lipinski definition) is 3. The standard InChI is InChI=1S/C33H20N2O/c1-2-9-21(10-3-1)35-28-14-8-12-23-22(27-13-6-7-20-34-27)16-17-24(31(23)28)25-18-19-30-32(33(25)35)26-11-4-5-15-29(26)36-30/h1-20H. The van der Waals surface area contributed by atoms with Crippen molar-refractivity contribution in [2.45, 2.75) is 0 Å². The van der Waals surface area contributed by atoms with Crippen LogP contribution in [0.3, 0.4) is 0 Å². The monoisotopic (exact) mass is 460 g/mol. The predicted molar refractivity (Wildman–Crippen MR) is 148 cm³/mol. The highest BCUT2D eigenvalue weighted by Gasteiger charge is 2.30. The maximum Gasteiger partial charge on any atom is 0.137 e. The minimum Gasteiger partial charge on any atom is -0.456 e. The molecule has 3 heteroatoms. The molecule has 0 saturated heterocycles. The van der Waals surface area contributed by atoms with Gasteiger partial charge in [0.1, 0.15) is 11.2 Å². The van der Waals surface area contributed by atoms with E-state index >= 15 is 0 Å². The third kappa shape index (κ3) is 2.60. The van der Waals surface area contributed by atoms with Crippen LogP contribution in [0.5, 0.6) is 0 Å². The molecule has 1 aliphatic rings. The Kier molecular flexibility index (Phi) is 3.94. The lowest BCUT2D eigenvalue weighted by atomic mass is 9.87. The molecule has 0 amide bonds. The molecule has 168 valence electrons. The Bertz CT molecular complexity index is 1940. The molecule has 0 N–H and O–H groups in total. The Hall–Kier alpha value is -4.89. The summed E-state index contributed by atoms with van der Waals surface area (Å²) in [6.45, 7) is 0. The molecule has 0 fully saturated rings. The number of aromatic nitrogens is 1. The quantitative estimate of drug-likeness (QED) is 0.257. The van der Waals surface area contributed by atoms with Crippen LogP contribution >= 0.6 is 0 Å². The average molecular weight is 461 g/mol. The van der Waals surface area contributed by atoms with Crippen molar-refractivity contribution in [2.75, 3.05) is 4.90 Å². The van der Waals surface area contributed by atoms with Gasteiger partial charge in [0.15, 0.2) is 0 Å². The SMILES string of the molecule is c1ccc(N2c3cccc4c(-c5ccccn5)ccc(c34)-c3ccc4oc5ccccc5c4c32)cc1. The van der Waals surface area contributed by atoms with Gasteiger partial charge in [-0.05, 0) is 59.5 Å². The Morgan fingerprint density at radius 1 is 0.528 bits per heavy atom. The van der Waals surface area contributed by atoms with Gasteiger partial charge < -0.3 is 9.32 Å². The van der Waals surface area contributed by atoms with Crippen molar-refractivity contribution in [1.82, 2.24) is 4.98 Å². The molecule has 0 radical (unpaired) electrons. The second-order valence-electron chi connectivity index (χ2n) is 9.18. The molecule has 3 nitrogen and oxygen atoms in total. The number of furan rings is 1. The Morgan fingerprint density at radius 3 is 2.19 bits per heavy atom. The molecule has 0 aliphatic carbocycles. The molecule has 2 aromatic heterocycles. The summed E-state index contributed by atoms with van der Waals surface area (Å²) in [5, 5.41) is 4.71. The van der Waals surface area contributed by atoms with E-state index < -0.39 is 0 Å². The molecule has 0 unspecified atom stereocenters. The largest absolute Gasteiger partial charge is 0.456 e. The van der Waals surface area contributed by atoms with Gasteiger partial charge in [-0.25, -0.2) is 0 Å². The van der Waals surface area contributed by atoms with Gasteiger partial charge in [-0.1, -0.05) is 66.7 Å². The molecule has 8 rings (SSSR count). The molecule has 0 bridgehead atoms. The number of fused-ring (bicyclic) bond motifs is 6. The molecule has 3 heterocycles. The number of anilines is 3. The first-order valence-corrected chi connectivity index (χ1v) is 12.2. The van der Waals surface area contributed by atoms with E-state index in [1.54, 1.807) is 0 Å². The molecular weight excluding hydrogens is 440 g/mol. The van der Waals surface area contributed by atoms with E-state index in [1.807, 2.05) is 30.5 Å². The molecule has 0 atom stereocenters. The van der Waals surface area contributed by atoms with Crippen LogP contribution in [0.1, 0.15) is 0 Å². The topological polar surface area (TPSA) is 29.3 Å².